The predicted molar refractivity (Wildman–Crippen MR) is 86.1 cm³/mol. The molecule has 120 valence electrons. The first-order valence-corrected chi connectivity index (χ1v) is 12.1. The largest absolute Gasteiger partial charge is 0.462 e. The number of nitrogens with zero attached hydrogens (tertiary/aromatic N) is 3. The van der Waals surface area contributed by atoms with Crippen LogP contribution in [0.2, 0.25) is 19.1 Å². The van der Waals surface area contributed by atoms with E-state index in [0.29, 0.717) is 12.2 Å². The number of halogens is 1. The molecule has 0 saturated carbocycles. The van der Waals surface area contributed by atoms with Gasteiger partial charge in [0, 0.05) is 21.8 Å². The van der Waals surface area contributed by atoms with Crippen LogP contribution < -0.4 is 0 Å². The van der Waals surface area contributed by atoms with Gasteiger partial charge in [-0.1, -0.05) is 24.3 Å². The lowest BCUT2D eigenvalue weighted by Crippen LogP contribution is -2.31. The van der Waals surface area contributed by atoms with Crippen LogP contribution in [-0.2, 0) is 13.8 Å². The molecule has 0 bridgehead atoms. The van der Waals surface area contributed by atoms with E-state index in [1.54, 1.807) is 0 Å². The molecule has 0 aliphatic heterocycles. The second kappa shape index (κ2) is 7.64. The minimum Gasteiger partial charge on any atom is -0.462 e. The van der Waals surface area contributed by atoms with Crippen LogP contribution in [0, 0.1) is 0 Å². The maximum absolute atomic E-state index is 11.9. The van der Waals surface area contributed by atoms with Crippen molar-refractivity contribution < 1.29 is 17.9 Å². The molecule has 1 aromatic carbocycles. The molecular weight excluding hydrogens is 346 g/mol. The van der Waals surface area contributed by atoms with Crippen LogP contribution in [0.25, 0.3) is 10.4 Å². The molecule has 22 heavy (non-hydrogen) atoms. The standard InChI is InChI=1S/C12H16ClN3O4SSi/c1-22(2,9-15-16-14)7-6-20-12(17)10-4-3-5-11(8-10)21(13,18)19/h3-5,8H,6-7,9H2,1-2H3. The lowest BCUT2D eigenvalue weighted by Gasteiger charge is -2.19. The Labute approximate surface area is 134 Å². The number of hydrogen-bond acceptors (Lipinski definition) is 5. The highest BCUT2D eigenvalue weighted by atomic mass is 35.7. The predicted octanol–water partition coefficient (Wildman–Crippen LogP) is 3.33. The quantitative estimate of drug-likeness (QED) is 0.185. The number of azide groups is 1. The summed E-state index contributed by atoms with van der Waals surface area (Å²) in [5.74, 6) is -0.615. The van der Waals surface area contributed by atoms with Crippen LogP contribution in [-0.4, -0.2) is 35.2 Å². The van der Waals surface area contributed by atoms with Crippen molar-refractivity contribution in [2.45, 2.75) is 24.0 Å². The van der Waals surface area contributed by atoms with E-state index < -0.39 is 23.1 Å². The van der Waals surface area contributed by atoms with Crippen molar-refractivity contribution in [3.8, 4) is 0 Å². The summed E-state index contributed by atoms with van der Waals surface area (Å²) in [5, 5.41) is 3.56. The molecule has 1 rings (SSSR count). The molecule has 0 N–H and O–H groups in total. The Kier molecular flexibility index (Phi) is 6.43. The van der Waals surface area contributed by atoms with Crippen LogP contribution in [0.1, 0.15) is 10.4 Å². The first kappa shape index (κ1) is 18.5. The highest BCUT2D eigenvalue weighted by Gasteiger charge is 2.21. The Morgan fingerprint density at radius 2 is 2.14 bits per heavy atom. The van der Waals surface area contributed by atoms with E-state index >= 15 is 0 Å². The number of hydrogen-bond donors (Lipinski definition) is 0. The van der Waals surface area contributed by atoms with Gasteiger partial charge < -0.3 is 4.74 Å². The molecule has 7 nitrogen and oxygen atoms in total. The van der Waals surface area contributed by atoms with Crippen molar-refractivity contribution in [1.82, 2.24) is 0 Å². The smallest absolute Gasteiger partial charge is 0.338 e. The van der Waals surface area contributed by atoms with Gasteiger partial charge in [-0.05, 0) is 29.8 Å². The molecule has 0 aliphatic rings. The van der Waals surface area contributed by atoms with Gasteiger partial charge in [0.15, 0.2) is 0 Å². The summed E-state index contributed by atoms with van der Waals surface area (Å²) in [7, 11) is -0.402. The summed E-state index contributed by atoms with van der Waals surface area (Å²) in [6, 6.07) is 6.00. The summed E-state index contributed by atoms with van der Waals surface area (Å²) in [5.41, 5.74) is 8.44. The first-order valence-electron chi connectivity index (χ1n) is 6.38. The van der Waals surface area contributed by atoms with Crippen LogP contribution in [0.15, 0.2) is 34.3 Å². The Morgan fingerprint density at radius 3 is 2.73 bits per heavy atom. The molecule has 10 heteroatoms. The topological polar surface area (TPSA) is 109 Å². The van der Waals surface area contributed by atoms with Crippen LogP contribution >= 0.6 is 10.7 Å². The summed E-state index contributed by atoms with van der Waals surface area (Å²) in [4.78, 5) is 14.5. The lowest BCUT2D eigenvalue weighted by atomic mass is 10.2. The summed E-state index contributed by atoms with van der Waals surface area (Å²) in [6.45, 7) is 4.24. The van der Waals surface area contributed by atoms with Crippen molar-refractivity contribution in [1.29, 1.82) is 0 Å². The summed E-state index contributed by atoms with van der Waals surface area (Å²) >= 11 is 0. The van der Waals surface area contributed by atoms with Crippen molar-refractivity contribution >= 4 is 33.8 Å². The molecular formula is C12H16ClN3O4SSi. The van der Waals surface area contributed by atoms with Gasteiger partial charge in [0.05, 0.1) is 25.1 Å². The van der Waals surface area contributed by atoms with Crippen molar-refractivity contribution in [3.63, 3.8) is 0 Å². The molecule has 0 amide bonds. The SMILES string of the molecule is C[Si](C)(CCOC(=O)c1cccc(S(=O)(=O)Cl)c1)CN=[N+]=[N-]. The lowest BCUT2D eigenvalue weighted by molar-refractivity contribution is 0.0525. The number of rotatable bonds is 7. The number of benzene rings is 1. The van der Waals surface area contributed by atoms with Crippen molar-refractivity contribution in [2.75, 3.05) is 12.8 Å². The fourth-order valence-corrected chi connectivity index (χ4v) is 3.64. The fourth-order valence-electron chi connectivity index (χ4n) is 1.58. The van der Waals surface area contributed by atoms with Gasteiger partial charge in [-0.25, -0.2) is 13.2 Å². The minimum atomic E-state index is -3.89. The van der Waals surface area contributed by atoms with E-state index in [9.17, 15) is 13.2 Å². The third-order valence-electron chi connectivity index (χ3n) is 2.93. The Balaban J connectivity index is 2.65. The monoisotopic (exact) mass is 361 g/mol. The molecule has 0 spiro atoms. The average molecular weight is 362 g/mol. The third-order valence-corrected chi connectivity index (χ3v) is 6.83. The van der Waals surface area contributed by atoms with Crippen LogP contribution in [0.3, 0.4) is 0 Å². The van der Waals surface area contributed by atoms with E-state index in [2.05, 4.69) is 10.0 Å². The average Bonchev–Trinajstić information content (AvgIpc) is 2.44. The summed E-state index contributed by atoms with van der Waals surface area (Å²) in [6.07, 6.45) is 0.432. The van der Waals surface area contributed by atoms with Gasteiger partial charge in [-0.3, -0.25) is 0 Å². The normalized spacial score (nSPS) is 11.6. The number of carbonyl (C=O) groups is 1. The zero-order valence-corrected chi connectivity index (χ0v) is 14.8. The minimum absolute atomic E-state index is 0.122. The van der Waals surface area contributed by atoms with Gasteiger partial charge in [-0.15, -0.1) is 0 Å². The second-order valence-electron chi connectivity index (χ2n) is 5.40. The molecule has 0 atom stereocenters. The highest BCUT2D eigenvalue weighted by molar-refractivity contribution is 8.13. The zero-order chi connectivity index (χ0) is 16.8. The third kappa shape index (κ3) is 6.06. The number of carbonyl (C=O) groups excluding carboxylic acids is 1. The first-order chi connectivity index (χ1) is 10.2. The maximum Gasteiger partial charge on any atom is 0.338 e. The van der Waals surface area contributed by atoms with Crippen LogP contribution in [0.5, 0.6) is 0 Å². The van der Waals surface area contributed by atoms with Gasteiger partial charge in [0.25, 0.3) is 9.05 Å². The van der Waals surface area contributed by atoms with E-state index in [1.807, 2.05) is 13.1 Å². The molecule has 0 aromatic heterocycles. The molecule has 0 aliphatic carbocycles. The van der Waals surface area contributed by atoms with Gasteiger partial charge >= 0.3 is 5.97 Å². The zero-order valence-electron chi connectivity index (χ0n) is 12.2. The van der Waals surface area contributed by atoms with E-state index in [0.717, 1.165) is 0 Å². The fraction of sp³-hybridized carbons (Fsp3) is 0.417. The Bertz CT molecular complexity index is 702. The molecule has 0 saturated heterocycles. The molecule has 1 aromatic rings. The van der Waals surface area contributed by atoms with Crippen molar-refractivity contribution in [2.24, 2.45) is 5.11 Å². The van der Waals surface area contributed by atoms with Gasteiger partial charge in [0.1, 0.15) is 0 Å². The van der Waals surface area contributed by atoms with Crippen molar-refractivity contribution in [3.05, 3.63) is 40.3 Å². The number of esters is 1. The highest BCUT2D eigenvalue weighted by Crippen LogP contribution is 2.17. The maximum atomic E-state index is 11.9. The number of ether oxygens (including phenoxy) is 1. The molecule has 0 fully saturated rings. The van der Waals surface area contributed by atoms with Gasteiger partial charge in [0.2, 0.25) is 0 Å². The molecule has 0 unspecified atom stereocenters. The second-order valence-corrected chi connectivity index (χ2v) is 13.1. The Morgan fingerprint density at radius 1 is 1.45 bits per heavy atom. The molecule has 0 radical (unpaired) electrons. The van der Waals surface area contributed by atoms with Crippen LogP contribution in [0.4, 0.5) is 0 Å². The Hall–Kier alpha value is -1.54. The van der Waals surface area contributed by atoms with E-state index in [-0.39, 0.29) is 17.1 Å². The molecule has 0 heterocycles. The van der Waals surface area contributed by atoms with E-state index in [1.165, 1.54) is 24.3 Å². The van der Waals surface area contributed by atoms with E-state index in [4.69, 9.17) is 21.0 Å². The van der Waals surface area contributed by atoms with Gasteiger partial charge in [-0.2, -0.15) is 0 Å². The summed E-state index contributed by atoms with van der Waals surface area (Å²) < 4.78 is 27.6.